The topological polar surface area (TPSA) is 85.2 Å². The summed E-state index contributed by atoms with van der Waals surface area (Å²) in [6.07, 6.45) is 3.18. The Kier molecular flexibility index (Phi) is 2.90. The highest BCUT2D eigenvalue weighted by Gasteiger charge is 2.56. The Hall–Kier alpha value is -1.79. The van der Waals surface area contributed by atoms with E-state index in [0.29, 0.717) is 23.7 Å². The lowest BCUT2D eigenvalue weighted by Gasteiger charge is -2.52. The average molecular weight is 303 g/mol. The van der Waals surface area contributed by atoms with E-state index in [1.54, 1.807) is 12.1 Å². The van der Waals surface area contributed by atoms with Gasteiger partial charge in [0, 0.05) is 11.1 Å². The molecule has 0 spiro atoms. The van der Waals surface area contributed by atoms with Crippen molar-refractivity contribution in [2.24, 2.45) is 5.73 Å². The third-order valence-electron chi connectivity index (χ3n) is 5.31. The van der Waals surface area contributed by atoms with Crippen molar-refractivity contribution in [2.45, 2.75) is 49.2 Å². The fourth-order valence-electron chi connectivity index (χ4n) is 3.84. The minimum absolute atomic E-state index is 0.257. The van der Waals surface area contributed by atoms with Crippen molar-refractivity contribution in [3.63, 3.8) is 0 Å². The van der Waals surface area contributed by atoms with Crippen LogP contribution >= 0.6 is 0 Å². The van der Waals surface area contributed by atoms with Crippen LogP contribution < -0.4 is 5.73 Å². The van der Waals surface area contributed by atoms with Crippen molar-refractivity contribution in [3.8, 4) is 11.4 Å². The van der Waals surface area contributed by atoms with Crippen LogP contribution in [0.25, 0.3) is 11.4 Å². The Labute approximate surface area is 127 Å². The molecule has 1 atom stereocenters. The monoisotopic (exact) mass is 303 g/mol. The molecule has 3 N–H and O–H groups in total. The molecule has 0 saturated heterocycles. The fourth-order valence-corrected chi connectivity index (χ4v) is 3.84. The average Bonchev–Trinajstić information content (AvgIpc) is 2.98. The molecule has 0 amide bonds. The lowest BCUT2D eigenvalue weighted by molar-refractivity contribution is -0.0506. The number of nitrogens with zero attached hydrogens (tertiary/aromatic N) is 2. The van der Waals surface area contributed by atoms with Crippen LogP contribution in [0.15, 0.2) is 28.8 Å². The summed E-state index contributed by atoms with van der Waals surface area (Å²) >= 11 is 0. The first kappa shape index (κ1) is 13.8. The number of aliphatic hydroxyl groups is 1. The molecule has 3 fully saturated rings. The molecule has 2 aromatic rings. The highest BCUT2D eigenvalue weighted by molar-refractivity contribution is 5.54. The second-order valence-corrected chi connectivity index (χ2v) is 6.67. The van der Waals surface area contributed by atoms with Crippen LogP contribution in [0.4, 0.5) is 4.39 Å². The van der Waals surface area contributed by atoms with Crippen LogP contribution in [0, 0.1) is 5.82 Å². The van der Waals surface area contributed by atoms with Crippen LogP contribution in [0.2, 0.25) is 0 Å². The van der Waals surface area contributed by atoms with Gasteiger partial charge in [0.15, 0.2) is 0 Å². The van der Waals surface area contributed by atoms with E-state index in [-0.39, 0.29) is 11.4 Å². The molecular weight excluding hydrogens is 285 g/mol. The minimum atomic E-state index is -0.569. The predicted octanol–water partition coefficient (Wildman–Crippen LogP) is 2.15. The van der Waals surface area contributed by atoms with Gasteiger partial charge in [0.05, 0.1) is 11.5 Å². The Balaban J connectivity index is 1.70. The van der Waals surface area contributed by atoms with Gasteiger partial charge in [-0.15, -0.1) is 0 Å². The number of aliphatic hydroxyl groups excluding tert-OH is 1. The van der Waals surface area contributed by atoms with E-state index in [9.17, 15) is 9.50 Å². The van der Waals surface area contributed by atoms with E-state index in [2.05, 4.69) is 10.1 Å². The van der Waals surface area contributed by atoms with Crippen LogP contribution in [0.1, 0.15) is 38.0 Å². The molecule has 0 aliphatic heterocycles. The number of nitrogens with two attached hydrogens (primary N) is 1. The van der Waals surface area contributed by atoms with Crippen molar-refractivity contribution in [3.05, 3.63) is 36.0 Å². The van der Waals surface area contributed by atoms with Crippen LogP contribution in [0.3, 0.4) is 0 Å². The van der Waals surface area contributed by atoms with E-state index >= 15 is 0 Å². The molecule has 6 heteroatoms. The van der Waals surface area contributed by atoms with Gasteiger partial charge in [-0.25, -0.2) is 4.39 Å². The van der Waals surface area contributed by atoms with Crippen molar-refractivity contribution in [2.75, 3.05) is 0 Å². The van der Waals surface area contributed by atoms with Gasteiger partial charge < -0.3 is 15.4 Å². The zero-order chi connectivity index (χ0) is 15.4. The molecule has 1 aromatic carbocycles. The molecule has 0 radical (unpaired) electrons. The number of halogens is 1. The van der Waals surface area contributed by atoms with Gasteiger partial charge in [0.1, 0.15) is 5.82 Å². The number of benzene rings is 1. The maximum absolute atomic E-state index is 13.3. The van der Waals surface area contributed by atoms with E-state index < -0.39 is 11.5 Å². The Morgan fingerprint density at radius 2 is 2.05 bits per heavy atom. The van der Waals surface area contributed by atoms with E-state index in [1.165, 1.54) is 12.1 Å². The van der Waals surface area contributed by atoms with Gasteiger partial charge in [0.25, 0.3) is 0 Å². The summed E-state index contributed by atoms with van der Waals surface area (Å²) in [5.41, 5.74) is 6.08. The predicted molar refractivity (Wildman–Crippen MR) is 77.4 cm³/mol. The molecule has 2 bridgehead atoms. The molecule has 5 rings (SSSR count). The van der Waals surface area contributed by atoms with Crippen molar-refractivity contribution in [1.82, 2.24) is 10.1 Å². The van der Waals surface area contributed by atoms with Gasteiger partial charge in [0.2, 0.25) is 11.7 Å². The minimum Gasteiger partial charge on any atom is -0.392 e. The molecule has 22 heavy (non-hydrogen) atoms. The molecule has 3 aliphatic carbocycles. The lowest BCUT2D eigenvalue weighted by Crippen LogP contribution is -2.60. The number of fused-ring (bicyclic) bond motifs is 3. The second kappa shape index (κ2) is 4.60. The maximum Gasteiger partial charge on any atom is 0.235 e. The summed E-state index contributed by atoms with van der Waals surface area (Å²) in [6.45, 7) is 0. The first-order valence-electron chi connectivity index (χ1n) is 7.58. The van der Waals surface area contributed by atoms with Crippen LogP contribution in [0.5, 0.6) is 0 Å². The first-order chi connectivity index (χ1) is 10.5. The highest BCUT2D eigenvalue weighted by atomic mass is 19.1. The standard InChI is InChI=1S/C16H18FN3O2/c17-11-3-1-2-10(8-11)13-19-14(22-20-13)16-6-4-15(18,5-7-16)9-12(16)21/h1-3,8,12,21H,4-7,9,18H2. The summed E-state index contributed by atoms with van der Waals surface area (Å²) < 4.78 is 18.8. The van der Waals surface area contributed by atoms with Crippen LogP contribution in [-0.2, 0) is 5.41 Å². The maximum atomic E-state index is 13.3. The van der Waals surface area contributed by atoms with Gasteiger partial charge in [-0.05, 0) is 44.2 Å². The highest BCUT2D eigenvalue weighted by Crippen LogP contribution is 2.52. The third kappa shape index (κ3) is 1.98. The number of hydrogen-bond donors (Lipinski definition) is 2. The summed E-state index contributed by atoms with van der Waals surface area (Å²) in [7, 11) is 0. The zero-order valence-electron chi connectivity index (χ0n) is 12.1. The van der Waals surface area contributed by atoms with Crippen molar-refractivity contribution in [1.29, 1.82) is 0 Å². The Morgan fingerprint density at radius 3 is 2.73 bits per heavy atom. The molecule has 1 heterocycles. The summed E-state index contributed by atoms with van der Waals surface area (Å²) in [4.78, 5) is 4.44. The Morgan fingerprint density at radius 1 is 1.27 bits per heavy atom. The molecular formula is C16H18FN3O2. The summed E-state index contributed by atoms with van der Waals surface area (Å²) in [5, 5.41) is 14.5. The quantitative estimate of drug-likeness (QED) is 0.888. The zero-order valence-corrected chi connectivity index (χ0v) is 12.1. The molecule has 1 aromatic heterocycles. The molecule has 116 valence electrons. The van der Waals surface area contributed by atoms with Crippen LogP contribution in [-0.4, -0.2) is 26.9 Å². The van der Waals surface area contributed by atoms with Gasteiger partial charge >= 0.3 is 0 Å². The lowest BCUT2D eigenvalue weighted by atomic mass is 9.56. The van der Waals surface area contributed by atoms with Crippen molar-refractivity contribution < 1.29 is 14.0 Å². The number of aromatic nitrogens is 2. The van der Waals surface area contributed by atoms with E-state index in [1.807, 2.05) is 0 Å². The molecule has 5 nitrogen and oxygen atoms in total. The fraction of sp³-hybridized carbons (Fsp3) is 0.500. The molecule has 3 aliphatic rings. The largest absolute Gasteiger partial charge is 0.392 e. The van der Waals surface area contributed by atoms with Gasteiger partial charge in [-0.2, -0.15) is 4.98 Å². The number of hydrogen-bond acceptors (Lipinski definition) is 5. The normalized spacial score (nSPS) is 34.0. The molecule has 1 unspecified atom stereocenters. The van der Waals surface area contributed by atoms with E-state index in [4.69, 9.17) is 10.3 Å². The summed E-state index contributed by atoms with van der Waals surface area (Å²) in [5.74, 6) is 0.456. The first-order valence-corrected chi connectivity index (χ1v) is 7.58. The second-order valence-electron chi connectivity index (χ2n) is 6.67. The summed E-state index contributed by atoms with van der Waals surface area (Å²) in [6, 6.07) is 6.09. The Bertz CT molecular complexity index is 707. The SMILES string of the molecule is NC12CCC(c3nc(-c4cccc(F)c4)no3)(CC1)C(O)C2. The molecule has 3 saturated carbocycles. The number of rotatable bonds is 2. The van der Waals surface area contributed by atoms with Gasteiger partial charge in [-0.1, -0.05) is 17.3 Å². The van der Waals surface area contributed by atoms with E-state index in [0.717, 1.165) is 25.7 Å². The third-order valence-corrected chi connectivity index (χ3v) is 5.31. The smallest absolute Gasteiger partial charge is 0.235 e. The van der Waals surface area contributed by atoms with Crippen molar-refractivity contribution >= 4 is 0 Å². The van der Waals surface area contributed by atoms with Gasteiger partial charge in [-0.3, -0.25) is 0 Å².